The molecule has 0 spiro atoms. The van der Waals surface area contributed by atoms with Crippen LogP contribution in [0.5, 0.6) is 0 Å². The van der Waals surface area contributed by atoms with Crippen LogP contribution in [-0.2, 0) is 20.7 Å². The maximum atomic E-state index is 12.0. The van der Waals surface area contributed by atoms with Crippen molar-refractivity contribution < 1.29 is 19.4 Å². The molecule has 0 saturated heterocycles. The Morgan fingerprint density at radius 3 is 2.17 bits per heavy atom. The monoisotopic (exact) mass is 581 g/mol. The van der Waals surface area contributed by atoms with Crippen molar-refractivity contribution in [3.8, 4) is 0 Å². The Hall–Kier alpha value is -1.95. The van der Waals surface area contributed by atoms with E-state index in [4.69, 9.17) is 15.2 Å². The van der Waals surface area contributed by atoms with Crippen molar-refractivity contribution in [2.45, 2.75) is 122 Å². The second kappa shape index (κ2) is 18.7. The zero-order valence-corrected chi connectivity index (χ0v) is 26.7. The van der Waals surface area contributed by atoms with Crippen molar-refractivity contribution in [1.29, 1.82) is 0 Å². The molecule has 2 aliphatic carbocycles. The van der Waals surface area contributed by atoms with Crippen LogP contribution in [0.2, 0.25) is 0 Å². The molecule has 1 aromatic rings. The summed E-state index contributed by atoms with van der Waals surface area (Å²) in [6.45, 7) is 12.4. The molecule has 0 amide bonds. The first-order chi connectivity index (χ1) is 20.3. The number of unbranched alkanes of at least 4 members (excludes halogenated alkanes) is 2. The van der Waals surface area contributed by atoms with E-state index in [1.165, 1.54) is 82.6 Å². The van der Waals surface area contributed by atoms with Crippen LogP contribution >= 0.6 is 0 Å². The molecule has 2 atom stereocenters. The number of esters is 1. The minimum Gasteiger partial charge on any atom is -0.462 e. The SMILES string of the molecule is C=C(CN)C(=O)OCCC(CCOC(O)C(=C)C)CC1CCC(C2CCC(c3ccc(CCCCC)cc3)CC2)CC1. The molecule has 0 heterocycles. The summed E-state index contributed by atoms with van der Waals surface area (Å²) in [5.41, 5.74) is 9.49. The average Bonchev–Trinajstić information content (AvgIpc) is 3.01. The van der Waals surface area contributed by atoms with Crippen LogP contribution < -0.4 is 5.73 Å². The average molecular weight is 582 g/mol. The molecule has 0 radical (unpaired) electrons. The number of aliphatic hydroxyl groups is 1. The van der Waals surface area contributed by atoms with E-state index in [9.17, 15) is 9.90 Å². The van der Waals surface area contributed by atoms with Gasteiger partial charge in [-0.1, -0.05) is 70.0 Å². The van der Waals surface area contributed by atoms with E-state index >= 15 is 0 Å². The highest BCUT2D eigenvalue weighted by molar-refractivity contribution is 5.88. The first-order valence-electron chi connectivity index (χ1n) is 16.9. The van der Waals surface area contributed by atoms with Crippen molar-refractivity contribution in [2.75, 3.05) is 19.8 Å². The van der Waals surface area contributed by atoms with E-state index in [1.54, 1.807) is 12.5 Å². The fraction of sp³-hybridized carbons (Fsp3) is 0.703. The first kappa shape index (κ1) is 34.5. The highest BCUT2D eigenvalue weighted by Crippen LogP contribution is 2.45. The lowest BCUT2D eigenvalue weighted by Crippen LogP contribution is -2.26. The highest BCUT2D eigenvalue weighted by atomic mass is 16.6. The summed E-state index contributed by atoms with van der Waals surface area (Å²) in [5, 5.41) is 9.97. The van der Waals surface area contributed by atoms with Gasteiger partial charge in [0.15, 0.2) is 6.29 Å². The Kier molecular flexibility index (Phi) is 15.3. The molecule has 236 valence electrons. The van der Waals surface area contributed by atoms with Gasteiger partial charge in [-0.2, -0.15) is 0 Å². The van der Waals surface area contributed by atoms with Crippen molar-refractivity contribution >= 4 is 5.97 Å². The highest BCUT2D eigenvalue weighted by Gasteiger charge is 2.32. The maximum absolute atomic E-state index is 12.0. The number of benzene rings is 1. The van der Waals surface area contributed by atoms with Crippen LogP contribution in [0.4, 0.5) is 0 Å². The molecule has 3 rings (SSSR count). The number of carbonyl (C=O) groups excluding carboxylic acids is 1. The summed E-state index contributed by atoms with van der Waals surface area (Å²) in [6, 6.07) is 9.57. The largest absolute Gasteiger partial charge is 0.462 e. The Bertz CT molecular complexity index is 941. The Balaban J connectivity index is 1.41. The van der Waals surface area contributed by atoms with E-state index in [-0.39, 0.29) is 6.54 Å². The Morgan fingerprint density at radius 2 is 1.57 bits per heavy atom. The van der Waals surface area contributed by atoms with Gasteiger partial charge in [0.05, 0.1) is 13.2 Å². The second-order valence-electron chi connectivity index (χ2n) is 13.3. The number of ether oxygens (including phenoxy) is 2. The van der Waals surface area contributed by atoms with E-state index in [0.29, 0.717) is 36.2 Å². The molecule has 5 heteroatoms. The molecule has 5 nitrogen and oxygen atoms in total. The van der Waals surface area contributed by atoms with Gasteiger partial charge >= 0.3 is 5.97 Å². The molecular formula is C37H59NO4. The fourth-order valence-electron chi connectivity index (χ4n) is 7.20. The minimum atomic E-state index is -0.920. The van der Waals surface area contributed by atoms with Gasteiger partial charge in [-0.05, 0) is 124 Å². The number of nitrogens with two attached hydrogens (primary N) is 1. The molecule has 42 heavy (non-hydrogen) atoms. The van der Waals surface area contributed by atoms with Gasteiger partial charge in [-0.15, -0.1) is 0 Å². The Morgan fingerprint density at radius 1 is 0.952 bits per heavy atom. The van der Waals surface area contributed by atoms with Crippen molar-refractivity contribution in [3.63, 3.8) is 0 Å². The lowest BCUT2D eigenvalue weighted by Gasteiger charge is -2.38. The van der Waals surface area contributed by atoms with Crippen LogP contribution in [0.25, 0.3) is 0 Å². The number of hydrogen-bond donors (Lipinski definition) is 2. The van der Waals surface area contributed by atoms with Crippen LogP contribution in [0, 0.1) is 23.7 Å². The summed E-state index contributed by atoms with van der Waals surface area (Å²) in [4.78, 5) is 12.0. The molecule has 0 aliphatic heterocycles. The van der Waals surface area contributed by atoms with E-state index in [0.717, 1.165) is 37.0 Å². The lowest BCUT2D eigenvalue weighted by molar-refractivity contribution is -0.139. The standard InChI is InChI=1S/C37H59NO4/c1-5-6-7-8-29-9-13-32(14-10-29)34-17-19-35(20-18-34)33-15-11-30(12-16-33)25-31(21-23-41-36(39)27(2)3)22-24-42-37(40)28(4)26-38/h9-10,13-14,30-31,33-36,39H,2,4-8,11-12,15-26,38H2,1,3H3. The molecule has 1 aromatic carbocycles. The summed E-state index contributed by atoms with van der Waals surface area (Å²) in [5.74, 6) is 3.19. The lowest BCUT2D eigenvalue weighted by atomic mass is 9.67. The van der Waals surface area contributed by atoms with E-state index < -0.39 is 12.3 Å². The molecule has 2 fully saturated rings. The minimum absolute atomic E-state index is 0.117. The maximum Gasteiger partial charge on any atom is 0.334 e. The number of carbonyl (C=O) groups is 1. The number of rotatable bonds is 18. The predicted molar refractivity (Wildman–Crippen MR) is 173 cm³/mol. The van der Waals surface area contributed by atoms with Gasteiger partial charge in [-0.3, -0.25) is 0 Å². The number of hydrogen-bond acceptors (Lipinski definition) is 5. The molecule has 0 aromatic heterocycles. The smallest absolute Gasteiger partial charge is 0.334 e. The van der Waals surface area contributed by atoms with Crippen molar-refractivity contribution in [1.82, 2.24) is 0 Å². The van der Waals surface area contributed by atoms with Crippen LogP contribution in [0.3, 0.4) is 0 Å². The molecule has 2 aliphatic rings. The van der Waals surface area contributed by atoms with Gasteiger partial charge in [0.25, 0.3) is 0 Å². The third kappa shape index (κ3) is 11.6. The van der Waals surface area contributed by atoms with Gasteiger partial charge < -0.3 is 20.3 Å². The summed E-state index contributed by atoms with van der Waals surface area (Å²) in [7, 11) is 0. The number of aryl methyl sites for hydroxylation is 1. The molecular weight excluding hydrogens is 522 g/mol. The zero-order valence-electron chi connectivity index (χ0n) is 26.7. The zero-order chi connectivity index (χ0) is 30.3. The quantitative estimate of drug-likeness (QED) is 0.0600. The third-order valence-electron chi connectivity index (χ3n) is 10.0. The van der Waals surface area contributed by atoms with Crippen LogP contribution in [0.15, 0.2) is 48.6 Å². The summed E-state index contributed by atoms with van der Waals surface area (Å²) in [6.07, 6.45) is 17.7. The topological polar surface area (TPSA) is 81.8 Å². The summed E-state index contributed by atoms with van der Waals surface area (Å²) >= 11 is 0. The molecule has 3 N–H and O–H groups in total. The van der Waals surface area contributed by atoms with Gasteiger partial charge in [0, 0.05) is 12.1 Å². The van der Waals surface area contributed by atoms with Crippen molar-refractivity contribution in [3.05, 3.63) is 59.7 Å². The fourth-order valence-corrected chi connectivity index (χ4v) is 7.20. The second-order valence-corrected chi connectivity index (χ2v) is 13.3. The van der Waals surface area contributed by atoms with E-state index in [1.807, 2.05) is 0 Å². The van der Waals surface area contributed by atoms with Crippen LogP contribution in [-0.4, -0.2) is 37.1 Å². The first-order valence-corrected chi connectivity index (χ1v) is 16.9. The van der Waals surface area contributed by atoms with Gasteiger partial charge in [-0.25, -0.2) is 4.79 Å². The summed E-state index contributed by atoms with van der Waals surface area (Å²) < 4.78 is 11.0. The Labute approximate surface area is 256 Å². The van der Waals surface area contributed by atoms with Crippen LogP contribution in [0.1, 0.15) is 121 Å². The normalized spacial score (nSPS) is 24.1. The van der Waals surface area contributed by atoms with E-state index in [2.05, 4.69) is 44.3 Å². The third-order valence-corrected chi connectivity index (χ3v) is 10.0. The van der Waals surface area contributed by atoms with Crippen molar-refractivity contribution in [2.24, 2.45) is 29.4 Å². The molecule has 2 saturated carbocycles. The van der Waals surface area contributed by atoms with Gasteiger partial charge in [0.2, 0.25) is 0 Å². The molecule has 0 bridgehead atoms. The predicted octanol–water partition coefficient (Wildman–Crippen LogP) is 8.26. The van der Waals surface area contributed by atoms with Gasteiger partial charge in [0.1, 0.15) is 0 Å². The number of aliphatic hydroxyl groups excluding tert-OH is 1. The molecule has 2 unspecified atom stereocenters.